The highest BCUT2D eigenvalue weighted by molar-refractivity contribution is 5.91. The van der Waals surface area contributed by atoms with Crippen molar-refractivity contribution in [3.05, 3.63) is 35.8 Å². The molecule has 0 spiro atoms. The molecule has 2 rings (SSSR count). The zero-order chi connectivity index (χ0) is 18.8. The Balaban J connectivity index is 0.00000338. The van der Waals surface area contributed by atoms with Crippen molar-refractivity contribution in [3.8, 4) is 5.82 Å². The number of carbonyl (C=O) groups is 1. The summed E-state index contributed by atoms with van der Waals surface area (Å²) in [5.41, 5.74) is 4.61. The molecule has 152 valence electrons. The zero-order valence-electron chi connectivity index (χ0n) is 14.9. The molecule has 2 aromatic rings. The topological polar surface area (TPSA) is 89.9 Å². The van der Waals surface area contributed by atoms with E-state index in [-0.39, 0.29) is 47.6 Å². The van der Waals surface area contributed by atoms with E-state index in [1.807, 2.05) is 13.8 Å². The molecule has 27 heavy (non-hydrogen) atoms. The predicted octanol–water partition coefficient (Wildman–Crippen LogP) is 2.58. The number of hydrogen-bond donors (Lipinski definition) is 1. The molecule has 7 nitrogen and oxygen atoms in total. The van der Waals surface area contributed by atoms with Gasteiger partial charge in [0, 0.05) is 19.8 Å². The highest BCUT2D eigenvalue weighted by atomic mass is 35.5. The van der Waals surface area contributed by atoms with Gasteiger partial charge < -0.3 is 10.6 Å². The van der Waals surface area contributed by atoms with Crippen LogP contribution in [-0.4, -0.2) is 50.9 Å². The number of amides is 1. The summed E-state index contributed by atoms with van der Waals surface area (Å²) in [4.78, 5) is 17.5. The Bertz CT molecular complexity index is 749. The standard InChI is InChI=1S/C15H19F3N6O.2ClH/c1-14(2,8-19)9-23(3)13(25)11-7-24(22-21-11)12-5-4-10(6-20-12)15(16,17)18;;/h4-7H,8-9,19H2,1-3H3;2*1H. The van der Waals surface area contributed by atoms with E-state index in [1.165, 1.54) is 11.1 Å². The third-order valence-electron chi connectivity index (χ3n) is 3.59. The lowest BCUT2D eigenvalue weighted by molar-refractivity contribution is -0.137. The largest absolute Gasteiger partial charge is 0.417 e. The van der Waals surface area contributed by atoms with Crippen LogP contribution in [0.3, 0.4) is 0 Å². The van der Waals surface area contributed by atoms with Gasteiger partial charge in [-0.2, -0.15) is 13.2 Å². The summed E-state index contributed by atoms with van der Waals surface area (Å²) >= 11 is 0. The number of nitrogens with zero attached hydrogens (tertiary/aromatic N) is 5. The fourth-order valence-electron chi connectivity index (χ4n) is 2.14. The summed E-state index contributed by atoms with van der Waals surface area (Å²) in [5.74, 6) is -0.232. The average molecular weight is 429 g/mol. The molecule has 0 fully saturated rings. The Morgan fingerprint density at radius 1 is 1.26 bits per heavy atom. The van der Waals surface area contributed by atoms with E-state index in [0.717, 1.165) is 16.8 Å². The lowest BCUT2D eigenvalue weighted by Crippen LogP contribution is -2.39. The number of nitrogens with two attached hydrogens (primary N) is 1. The minimum Gasteiger partial charge on any atom is -0.340 e. The van der Waals surface area contributed by atoms with E-state index in [0.29, 0.717) is 19.3 Å². The second-order valence-corrected chi connectivity index (χ2v) is 6.48. The quantitative estimate of drug-likeness (QED) is 0.789. The van der Waals surface area contributed by atoms with E-state index in [4.69, 9.17) is 5.73 Å². The number of rotatable bonds is 5. The van der Waals surface area contributed by atoms with Crippen molar-refractivity contribution in [3.63, 3.8) is 0 Å². The average Bonchev–Trinajstić information content (AvgIpc) is 3.03. The summed E-state index contributed by atoms with van der Waals surface area (Å²) < 4.78 is 38.8. The van der Waals surface area contributed by atoms with Crippen molar-refractivity contribution < 1.29 is 18.0 Å². The molecule has 0 atom stereocenters. The van der Waals surface area contributed by atoms with Crippen LogP contribution in [-0.2, 0) is 6.18 Å². The normalized spacial score (nSPS) is 11.4. The van der Waals surface area contributed by atoms with Crippen LogP contribution in [0, 0.1) is 5.41 Å². The van der Waals surface area contributed by atoms with Gasteiger partial charge in [-0.15, -0.1) is 29.9 Å². The van der Waals surface area contributed by atoms with Crippen molar-refractivity contribution in [1.29, 1.82) is 0 Å². The van der Waals surface area contributed by atoms with Crippen molar-refractivity contribution in [2.45, 2.75) is 20.0 Å². The summed E-state index contributed by atoms with van der Waals surface area (Å²) in [7, 11) is 1.62. The summed E-state index contributed by atoms with van der Waals surface area (Å²) in [6, 6.07) is 2.05. The van der Waals surface area contributed by atoms with Gasteiger partial charge in [0.1, 0.15) is 0 Å². The molecule has 0 bridgehead atoms. The van der Waals surface area contributed by atoms with Gasteiger partial charge in [0.15, 0.2) is 11.5 Å². The second-order valence-electron chi connectivity index (χ2n) is 6.48. The molecule has 0 radical (unpaired) electrons. The van der Waals surface area contributed by atoms with Gasteiger partial charge in [0.05, 0.1) is 11.8 Å². The first-order chi connectivity index (χ1) is 11.5. The molecular weight excluding hydrogens is 408 g/mol. The Hall–Kier alpha value is -1.91. The Labute approximate surface area is 166 Å². The SMILES string of the molecule is CN(CC(C)(C)CN)C(=O)c1cn(-c2ccc(C(F)(F)F)cn2)nn1.Cl.Cl. The fourth-order valence-corrected chi connectivity index (χ4v) is 2.14. The van der Waals surface area contributed by atoms with Crippen LogP contribution in [0.2, 0.25) is 0 Å². The van der Waals surface area contributed by atoms with Crippen LogP contribution in [0.25, 0.3) is 5.82 Å². The van der Waals surface area contributed by atoms with Gasteiger partial charge in [0.25, 0.3) is 5.91 Å². The molecule has 2 N–H and O–H groups in total. The van der Waals surface area contributed by atoms with Crippen molar-refractivity contribution >= 4 is 30.7 Å². The highest BCUT2D eigenvalue weighted by Gasteiger charge is 2.31. The van der Waals surface area contributed by atoms with Crippen LogP contribution in [0.1, 0.15) is 29.9 Å². The Kier molecular flexibility index (Phi) is 8.68. The minimum absolute atomic E-state index is 0. The molecule has 0 aliphatic heterocycles. The summed E-state index contributed by atoms with van der Waals surface area (Å²) in [6.45, 7) is 4.69. The number of halogens is 5. The number of carbonyl (C=O) groups excluding carboxylic acids is 1. The molecule has 2 heterocycles. The predicted molar refractivity (Wildman–Crippen MR) is 98.4 cm³/mol. The van der Waals surface area contributed by atoms with Crippen LogP contribution in [0.15, 0.2) is 24.5 Å². The minimum atomic E-state index is -4.46. The third kappa shape index (κ3) is 6.33. The lowest BCUT2D eigenvalue weighted by atomic mass is 9.93. The van der Waals surface area contributed by atoms with Gasteiger partial charge in [-0.3, -0.25) is 4.79 Å². The molecule has 12 heteroatoms. The molecule has 0 saturated heterocycles. The summed E-state index contributed by atoms with van der Waals surface area (Å²) in [6.07, 6.45) is -2.44. The Morgan fingerprint density at radius 2 is 1.89 bits per heavy atom. The van der Waals surface area contributed by atoms with E-state index in [9.17, 15) is 18.0 Å². The first kappa shape index (κ1) is 25.1. The van der Waals surface area contributed by atoms with E-state index >= 15 is 0 Å². The molecular formula is C15H21Cl2F3N6O. The van der Waals surface area contributed by atoms with Crippen molar-refractivity contribution in [2.75, 3.05) is 20.1 Å². The first-order valence-electron chi connectivity index (χ1n) is 7.45. The van der Waals surface area contributed by atoms with Crippen molar-refractivity contribution in [1.82, 2.24) is 24.9 Å². The number of hydrogen-bond acceptors (Lipinski definition) is 5. The van der Waals surface area contributed by atoms with Crippen LogP contribution in [0.4, 0.5) is 13.2 Å². The number of pyridine rings is 1. The molecule has 1 amide bonds. The van der Waals surface area contributed by atoms with Crippen LogP contribution < -0.4 is 5.73 Å². The maximum Gasteiger partial charge on any atom is 0.417 e. The molecule has 0 aliphatic carbocycles. The second kappa shape index (κ2) is 9.34. The molecule has 0 aromatic carbocycles. The molecule has 0 aliphatic rings. The molecule has 0 unspecified atom stereocenters. The number of aromatic nitrogens is 4. The highest BCUT2D eigenvalue weighted by Crippen LogP contribution is 2.28. The van der Waals surface area contributed by atoms with E-state index in [1.54, 1.807) is 7.05 Å². The van der Waals surface area contributed by atoms with Gasteiger partial charge in [-0.25, -0.2) is 9.67 Å². The third-order valence-corrected chi connectivity index (χ3v) is 3.59. The van der Waals surface area contributed by atoms with Crippen LogP contribution >= 0.6 is 24.8 Å². The first-order valence-corrected chi connectivity index (χ1v) is 7.45. The van der Waals surface area contributed by atoms with Gasteiger partial charge >= 0.3 is 6.18 Å². The van der Waals surface area contributed by atoms with Crippen LogP contribution in [0.5, 0.6) is 0 Å². The lowest BCUT2D eigenvalue weighted by Gasteiger charge is -2.28. The smallest absolute Gasteiger partial charge is 0.340 e. The number of alkyl halides is 3. The Morgan fingerprint density at radius 3 is 2.37 bits per heavy atom. The molecule has 2 aromatic heterocycles. The van der Waals surface area contributed by atoms with E-state index in [2.05, 4.69) is 15.3 Å². The van der Waals surface area contributed by atoms with Gasteiger partial charge in [-0.05, 0) is 24.1 Å². The molecule has 0 saturated carbocycles. The summed E-state index contributed by atoms with van der Waals surface area (Å²) in [5, 5.41) is 7.52. The van der Waals surface area contributed by atoms with Gasteiger partial charge in [-0.1, -0.05) is 19.1 Å². The zero-order valence-corrected chi connectivity index (χ0v) is 16.5. The van der Waals surface area contributed by atoms with Gasteiger partial charge in [0.2, 0.25) is 0 Å². The monoisotopic (exact) mass is 428 g/mol. The maximum absolute atomic E-state index is 12.6. The van der Waals surface area contributed by atoms with Crippen molar-refractivity contribution in [2.24, 2.45) is 11.1 Å². The van der Waals surface area contributed by atoms with E-state index < -0.39 is 11.7 Å². The maximum atomic E-state index is 12.6. The fraction of sp³-hybridized carbons (Fsp3) is 0.467.